The molecule has 2 aromatic carbocycles. The molecule has 124 valence electrons. The summed E-state index contributed by atoms with van der Waals surface area (Å²) in [6, 6.07) is 11.7. The molecule has 0 aliphatic heterocycles. The second kappa shape index (κ2) is 8.17. The maximum Gasteiger partial charge on any atom is 0.341 e. The molecule has 0 atom stereocenters. The summed E-state index contributed by atoms with van der Waals surface area (Å²) in [5.41, 5.74) is 0.929. The molecule has 24 heavy (non-hydrogen) atoms. The predicted octanol–water partition coefficient (Wildman–Crippen LogP) is 3.71. The van der Waals surface area contributed by atoms with Crippen molar-refractivity contribution in [2.45, 2.75) is 0 Å². The van der Waals surface area contributed by atoms with E-state index in [2.05, 4.69) is 0 Å². The second-order valence-electron chi connectivity index (χ2n) is 4.76. The van der Waals surface area contributed by atoms with Gasteiger partial charge in [0.25, 0.3) is 0 Å². The fourth-order valence-corrected chi connectivity index (χ4v) is 2.19. The average Bonchev–Trinajstić information content (AvgIpc) is 2.58. The van der Waals surface area contributed by atoms with E-state index < -0.39 is 12.6 Å². The van der Waals surface area contributed by atoms with E-state index in [4.69, 9.17) is 26.2 Å². The summed E-state index contributed by atoms with van der Waals surface area (Å²) in [4.78, 5) is 23.1. The van der Waals surface area contributed by atoms with Crippen LogP contribution in [-0.2, 0) is 4.79 Å². The highest BCUT2D eigenvalue weighted by molar-refractivity contribution is 6.31. The highest BCUT2D eigenvalue weighted by atomic mass is 35.5. The number of carboxylic acid groups (broad SMARTS) is 1. The summed E-state index contributed by atoms with van der Waals surface area (Å²) in [7, 11) is 1.54. The van der Waals surface area contributed by atoms with Crippen molar-refractivity contribution in [1.29, 1.82) is 0 Å². The Balaban J connectivity index is 2.27. The number of ether oxygens (including phenoxy) is 2. The maximum atomic E-state index is 12.4. The number of rotatable bonds is 7. The molecular weight excluding hydrogens is 332 g/mol. The van der Waals surface area contributed by atoms with Gasteiger partial charge in [0.05, 0.1) is 12.7 Å². The molecule has 0 unspecified atom stereocenters. The first-order valence-electron chi connectivity index (χ1n) is 7.01. The third-order valence-corrected chi connectivity index (χ3v) is 3.35. The zero-order chi connectivity index (χ0) is 17.5. The lowest BCUT2D eigenvalue weighted by molar-refractivity contribution is -0.139. The molecule has 0 aliphatic rings. The van der Waals surface area contributed by atoms with Crippen LogP contribution in [0, 0.1) is 0 Å². The van der Waals surface area contributed by atoms with Gasteiger partial charge in [-0.2, -0.15) is 0 Å². The Morgan fingerprint density at radius 3 is 2.62 bits per heavy atom. The SMILES string of the molecule is COc1ccccc1/C=C/C(=O)c1cc(Cl)ccc1OCC(=O)O. The lowest BCUT2D eigenvalue weighted by Crippen LogP contribution is -2.11. The maximum absolute atomic E-state index is 12.4. The van der Waals surface area contributed by atoms with Gasteiger partial charge in [-0.05, 0) is 36.4 Å². The number of carboxylic acids is 1. The Bertz CT molecular complexity index is 783. The first kappa shape index (κ1) is 17.6. The van der Waals surface area contributed by atoms with Crippen LogP contribution in [-0.4, -0.2) is 30.6 Å². The zero-order valence-corrected chi connectivity index (χ0v) is 13.6. The van der Waals surface area contributed by atoms with Gasteiger partial charge >= 0.3 is 5.97 Å². The van der Waals surface area contributed by atoms with E-state index in [1.165, 1.54) is 24.3 Å². The Kier molecular flexibility index (Phi) is 5.98. The predicted molar refractivity (Wildman–Crippen MR) is 90.9 cm³/mol. The summed E-state index contributed by atoms with van der Waals surface area (Å²) < 4.78 is 10.4. The van der Waals surface area contributed by atoms with Crippen molar-refractivity contribution >= 4 is 29.4 Å². The van der Waals surface area contributed by atoms with E-state index in [0.29, 0.717) is 10.8 Å². The molecule has 2 rings (SSSR count). The highest BCUT2D eigenvalue weighted by Gasteiger charge is 2.12. The van der Waals surface area contributed by atoms with Crippen LogP contribution in [0.25, 0.3) is 6.08 Å². The summed E-state index contributed by atoms with van der Waals surface area (Å²) in [6.07, 6.45) is 2.97. The standard InChI is InChI=1S/C18H15ClO5/c1-23-16-5-3-2-4-12(16)6-8-15(20)14-10-13(19)7-9-17(14)24-11-18(21)22/h2-10H,11H2,1H3,(H,21,22)/b8-6+. The van der Waals surface area contributed by atoms with Crippen molar-refractivity contribution in [2.24, 2.45) is 0 Å². The molecule has 0 saturated heterocycles. The van der Waals surface area contributed by atoms with E-state index in [0.717, 1.165) is 5.56 Å². The largest absolute Gasteiger partial charge is 0.496 e. The minimum absolute atomic E-state index is 0.163. The van der Waals surface area contributed by atoms with Crippen molar-refractivity contribution in [1.82, 2.24) is 0 Å². The molecule has 0 radical (unpaired) electrons. The Labute approximate surface area is 144 Å². The second-order valence-corrected chi connectivity index (χ2v) is 5.20. The third kappa shape index (κ3) is 4.60. The van der Waals surface area contributed by atoms with Crippen LogP contribution in [0.5, 0.6) is 11.5 Å². The van der Waals surface area contributed by atoms with Gasteiger partial charge in [-0.25, -0.2) is 4.79 Å². The van der Waals surface area contributed by atoms with Gasteiger partial charge < -0.3 is 14.6 Å². The van der Waals surface area contributed by atoms with E-state index >= 15 is 0 Å². The molecule has 0 bridgehead atoms. The number of carbonyl (C=O) groups excluding carboxylic acids is 1. The molecular formula is C18H15ClO5. The van der Waals surface area contributed by atoms with Crippen LogP contribution in [0.15, 0.2) is 48.5 Å². The summed E-state index contributed by atoms with van der Waals surface area (Å²) in [5.74, 6) is -0.692. The van der Waals surface area contributed by atoms with Crippen molar-refractivity contribution in [2.75, 3.05) is 13.7 Å². The number of hydrogen-bond donors (Lipinski definition) is 1. The topological polar surface area (TPSA) is 72.8 Å². The number of benzene rings is 2. The zero-order valence-electron chi connectivity index (χ0n) is 12.9. The summed E-state index contributed by atoms with van der Waals surface area (Å²) in [5, 5.41) is 9.06. The van der Waals surface area contributed by atoms with E-state index in [1.807, 2.05) is 18.2 Å². The average molecular weight is 347 g/mol. The van der Waals surface area contributed by atoms with Crippen molar-refractivity contribution < 1.29 is 24.2 Å². The minimum atomic E-state index is -1.13. The van der Waals surface area contributed by atoms with E-state index in [9.17, 15) is 9.59 Å². The van der Waals surface area contributed by atoms with E-state index in [1.54, 1.807) is 19.3 Å². The molecule has 0 saturated carbocycles. The van der Waals surface area contributed by atoms with Crippen LogP contribution in [0.4, 0.5) is 0 Å². The number of methoxy groups -OCH3 is 1. The number of carbonyl (C=O) groups is 2. The molecule has 0 amide bonds. The molecule has 2 aromatic rings. The van der Waals surface area contributed by atoms with Crippen molar-refractivity contribution in [3.05, 3.63) is 64.7 Å². The first-order valence-corrected chi connectivity index (χ1v) is 7.38. The number of para-hydroxylation sites is 1. The van der Waals surface area contributed by atoms with Gasteiger partial charge in [0.2, 0.25) is 0 Å². The minimum Gasteiger partial charge on any atom is -0.496 e. The van der Waals surface area contributed by atoms with Gasteiger partial charge in [-0.3, -0.25) is 4.79 Å². The van der Waals surface area contributed by atoms with Crippen LogP contribution >= 0.6 is 11.6 Å². The molecule has 0 heterocycles. The van der Waals surface area contributed by atoms with Crippen LogP contribution < -0.4 is 9.47 Å². The Hall–Kier alpha value is -2.79. The van der Waals surface area contributed by atoms with Gasteiger partial charge in [-0.15, -0.1) is 0 Å². The number of ketones is 1. The fraction of sp³-hybridized carbons (Fsp3) is 0.111. The monoisotopic (exact) mass is 346 g/mol. The molecule has 6 heteroatoms. The number of halogens is 1. The summed E-state index contributed by atoms with van der Waals surface area (Å²) in [6.45, 7) is -0.544. The molecule has 0 aliphatic carbocycles. The van der Waals surface area contributed by atoms with Crippen LogP contribution in [0.1, 0.15) is 15.9 Å². The normalized spacial score (nSPS) is 10.6. The van der Waals surface area contributed by atoms with Crippen molar-refractivity contribution in [3.8, 4) is 11.5 Å². The van der Waals surface area contributed by atoms with Gasteiger partial charge in [-0.1, -0.05) is 29.8 Å². The number of aliphatic carboxylic acids is 1. The molecule has 0 fully saturated rings. The lowest BCUT2D eigenvalue weighted by atomic mass is 10.1. The third-order valence-electron chi connectivity index (χ3n) is 3.11. The van der Waals surface area contributed by atoms with Gasteiger partial charge in [0.15, 0.2) is 12.4 Å². The molecule has 1 N–H and O–H groups in total. The first-order chi connectivity index (χ1) is 11.5. The molecule has 0 aromatic heterocycles. The van der Waals surface area contributed by atoms with E-state index in [-0.39, 0.29) is 17.1 Å². The van der Waals surface area contributed by atoms with Crippen LogP contribution in [0.2, 0.25) is 5.02 Å². The van der Waals surface area contributed by atoms with Crippen LogP contribution in [0.3, 0.4) is 0 Å². The molecule has 5 nitrogen and oxygen atoms in total. The van der Waals surface area contributed by atoms with Gasteiger partial charge in [0, 0.05) is 10.6 Å². The lowest BCUT2D eigenvalue weighted by Gasteiger charge is -2.08. The number of allylic oxidation sites excluding steroid dienone is 1. The quantitative estimate of drug-likeness (QED) is 0.611. The summed E-state index contributed by atoms with van der Waals surface area (Å²) >= 11 is 5.92. The van der Waals surface area contributed by atoms with Crippen molar-refractivity contribution in [3.63, 3.8) is 0 Å². The Morgan fingerprint density at radius 2 is 1.92 bits per heavy atom. The highest BCUT2D eigenvalue weighted by Crippen LogP contribution is 2.25. The fourth-order valence-electron chi connectivity index (χ4n) is 2.02. The Morgan fingerprint density at radius 1 is 1.17 bits per heavy atom. The smallest absolute Gasteiger partial charge is 0.341 e. The molecule has 0 spiro atoms. The number of hydrogen-bond acceptors (Lipinski definition) is 4. The van der Waals surface area contributed by atoms with Gasteiger partial charge in [0.1, 0.15) is 11.5 Å².